The first-order chi connectivity index (χ1) is 7.34. The van der Waals surface area contributed by atoms with Crippen LogP contribution in [0, 0.1) is 0 Å². The number of hydrogen-bond donors (Lipinski definition) is 0. The highest BCUT2D eigenvalue weighted by Gasteiger charge is 2.16. The molecule has 0 amide bonds. The molecule has 0 bridgehead atoms. The molecule has 16 heavy (non-hydrogen) atoms. The molecule has 0 atom stereocenters. The molecule has 0 aliphatic heterocycles. The Kier molecular flexibility index (Phi) is 4.22. The summed E-state index contributed by atoms with van der Waals surface area (Å²) in [6.45, 7) is 6.26. The summed E-state index contributed by atoms with van der Waals surface area (Å²) in [6, 6.07) is 5.38. The van der Waals surface area contributed by atoms with E-state index in [2.05, 4.69) is 20.8 Å². The maximum atomic E-state index is 11.0. The fourth-order valence-electron chi connectivity index (χ4n) is 1.20. The van der Waals surface area contributed by atoms with Crippen molar-refractivity contribution in [2.75, 3.05) is 5.88 Å². The van der Waals surface area contributed by atoms with Crippen molar-refractivity contribution >= 4 is 29.2 Å². The molecule has 0 aliphatic rings. The summed E-state index contributed by atoms with van der Waals surface area (Å²) in [5.41, 5.74) is 1.10. The van der Waals surface area contributed by atoms with E-state index in [0.717, 1.165) is 5.56 Å². The summed E-state index contributed by atoms with van der Waals surface area (Å²) in [5.74, 6) is -0.343. The molecule has 0 radical (unpaired) electrons. The Morgan fingerprint density at radius 3 is 2.44 bits per heavy atom. The lowest BCUT2D eigenvalue weighted by Gasteiger charge is -2.19. The summed E-state index contributed by atoms with van der Waals surface area (Å²) < 4.78 is 4.96. The van der Waals surface area contributed by atoms with Crippen LogP contribution in [0.3, 0.4) is 0 Å². The number of rotatable bonds is 2. The molecule has 0 saturated heterocycles. The molecule has 0 N–H and O–H groups in total. The average Bonchev–Trinajstić information content (AvgIpc) is 2.19. The molecule has 0 fully saturated rings. The Hall–Kier alpha value is -0.730. The van der Waals surface area contributed by atoms with E-state index in [1.807, 2.05) is 6.07 Å². The van der Waals surface area contributed by atoms with E-state index in [1.54, 1.807) is 12.1 Å². The third-order valence-corrected chi connectivity index (χ3v) is 2.64. The number of ether oxygens (including phenoxy) is 1. The van der Waals surface area contributed by atoms with Crippen LogP contribution in [0.4, 0.5) is 0 Å². The largest absolute Gasteiger partial charge is 0.424 e. The lowest BCUT2D eigenvalue weighted by Crippen LogP contribution is -2.12. The van der Waals surface area contributed by atoms with Crippen molar-refractivity contribution in [2.24, 2.45) is 0 Å². The van der Waals surface area contributed by atoms with Gasteiger partial charge in [0.1, 0.15) is 11.6 Å². The van der Waals surface area contributed by atoms with Crippen molar-refractivity contribution in [3.63, 3.8) is 0 Å². The molecule has 0 saturated carbocycles. The Bertz CT molecular complexity index is 394. The third kappa shape index (κ3) is 3.39. The van der Waals surface area contributed by atoms with Crippen LogP contribution in [0.2, 0.25) is 5.02 Å². The third-order valence-electron chi connectivity index (χ3n) is 2.13. The van der Waals surface area contributed by atoms with Crippen LogP contribution in [0.15, 0.2) is 18.2 Å². The van der Waals surface area contributed by atoms with Gasteiger partial charge in [-0.15, -0.1) is 11.6 Å². The molecule has 0 aromatic heterocycles. The maximum Gasteiger partial charge on any atom is 0.326 e. The predicted molar refractivity (Wildman–Crippen MR) is 66.5 cm³/mol. The van der Waals surface area contributed by atoms with Crippen LogP contribution in [0.5, 0.6) is 5.75 Å². The van der Waals surface area contributed by atoms with Gasteiger partial charge in [-0.2, -0.15) is 0 Å². The number of benzene rings is 1. The van der Waals surface area contributed by atoms with Crippen LogP contribution < -0.4 is 4.74 Å². The average molecular weight is 261 g/mol. The normalized spacial score (nSPS) is 11.3. The summed E-state index contributed by atoms with van der Waals surface area (Å²) >= 11 is 11.4. The minimum absolute atomic E-state index is 0.0126. The second-order valence-corrected chi connectivity index (χ2v) is 5.18. The predicted octanol–water partition coefficient (Wildman–Crippen LogP) is 3.78. The van der Waals surface area contributed by atoms with Gasteiger partial charge < -0.3 is 4.74 Å². The Labute approximate surface area is 106 Å². The van der Waals surface area contributed by atoms with E-state index in [9.17, 15) is 4.79 Å². The molecule has 0 spiro atoms. The minimum Gasteiger partial charge on any atom is -0.424 e. The summed E-state index contributed by atoms with van der Waals surface area (Å²) in [6.07, 6.45) is 0. The zero-order valence-electron chi connectivity index (χ0n) is 9.51. The second kappa shape index (κ2) is 5.07. The summed E-state index contributed by atoms with van der Waals surface area (Å²) in [7, 11) is 0. The van der Waals surface area contributed by atoms with E-state index < -0.39 is 5.97 Å². The van der Waals surface area contributed by atoms with Gasteiger partial charge in [-0.3, -0.25) is 4.79 Å². The first-order valence-corrected chi connectivity index (χ1v) is 5.82. The van der Waals surface area contributed by atoms with Gasteiger partial charge in [-0.1, -0.05) is 38.4 Å². The minimum atomic E-state index is -0.507. The van der Waals surface area contributed by atoms with Crippen LogP contribution in [0.25, 0.3) is 0 Å². The number of esters is 1. The van der Waals surface area contributed by atoms with E-state index in [1.165, 1.54) is 0 Å². The van der Waals surface area contributed by atoms with E-state index >= 15 is 0 Å². The summed E-state index contributed by atoms with van der Waals surface area (Å²) in [5, 5.41) is 0.422. The number of carbonyl (C=O) groups excluding carboxylic acids is 1. The number of carbonyl (C=O) groups is 1. The Morgan fingerprint density at radius 2 is 2.00 bits per heavy atom. The number of hydrogen-bond acceptors (Lipinski definition) is 2. The van der Waals surface area contributed by atoms with E-state index in [-0.39, 0.29) is 11.3 Å². The fourth-order valence-corrected chi connectivity index (χ4v) is 1.47. The fraction of sp³-hybridized carbons (Fsp3) is 0.417. The zero-order valence-corrected chi connectivity index (χ0v) is 11.0. The zero-order chi connectivity index (χ0) is 12.3. The molecule has 88 valence electrons. The van der Waals surface area contributed by atoms with E-state index in [0.29, 0.717) is 10.8 Å². The molecule has 0 unspecified atom stereocenters. The molecule has 2 nitrogen and oxygen atoms in total. The molecular weight excluding hydrogens is 247 g/mol. The smallest absolute Gasteiger partial charge is 0.326 e. The topological polar surface area (TPSA) is 26.3 Å². The summed E-state index contributed by atoms with van der Waals surface area (Å²) in [4.78, 5) is 11.0. The molecule has 0 aliphatic carbocycles. The van der Waals surface area contributed by atoms with Gasteiger partial charge >= 0.3 is 5.97 Å². The van der Waals surface area contributed by atoms with Gasteiger partial charge in [0, 0.05) is 0 Å². The quantitative estimate of drug-likeness (QED) is 0.460. The first-order valence-electron chi connectivity index (χ1n) is 4.91. The van der Waals surface area contributed by atoms with Crippen molar-refractivity contribution in [2.45, 2.75) is 26.2 Å². The van der Waals surface area contributed by atoms with Crippen LogP contribution in [-0.2, 0) is 10.2 Å². The van der Waals surface area contributed by atoms with Crippen molar-refractivity contribution < 1.29 is 9.53 Å². The van der Waals surface area contributed by atoms with Crippen LogP contribution >= 0.6 is 23.2 Å². The van der Waals surface area contributed by atoms with Gasteiger partial charge in [-0.25, -0.2) is 0 Å². The maximum absolute atomic E-state index is 11.0. The Morgan fingerprint density at radius 1 is 1.38 bits per heavy atom. The van der Waals surface area contributed by atoms with Gasteiger partial charge in [0.25, 0.3) is 0 Å². The highest BCUT2D eigenvalue weighted by atomic mass is 35.5. The van der Waals surface area contributed by atoms with Gasteiger partial charge in [-0.05, 0) is 23.1 Å². The SMILES string of the molecule is CC(C)(C)c1ccc(OC(=O)CCl)c(Cl)c1. The van der Waals surface area contributed by atoms with Crippen molar-refractivity contribution in [1.82, 2.24) is 0 Å². The molecule has 1 rings (SSSR count). The van der Waals surface area contributed by atoms with Gasteiger partial charge in [0.05, 0.1) is 5.02 Å². The molecule has 0 heterocycles. The second-order valence-electron chi connectivity index (χ2n) is 4.50. The number of alkyl halides is 1. The molecule has 1 aromatic rings. The Balaban J connectivity index is 2.96. The van der Waals surface area contributed by atoms with Crippen molar-refractivity contribution in [3.05, 3.63) is 28.8 Å². The highest BCUT2D eigenvalue weighted by molar-refractivity contribution is 6.32. The monoisotopic (exact) mass is 260 g/mol. The standard InChI is InChI=1S/C12H14Cl2O2/c1-12(2,3)8-4-5-10(9(14)6-8)16-11(15)7-13/h4-6H,7H2,1-3H3. The van der Waals surface area contributed by atoms with Gasteiger partial charge in [0.15, 0.2) is 0 Å². The van der Waals surface area contributed by atoms with Gasteiger partial charge in [0.2, 0.25) is 0 Å². The molecule has 1 aromatic carbocycles. The first kappa shape index (κ1) is 13.3. The lowest BCUT2D eigenvalue weighted by atomic mass is 9.87. The van der Waals surface area contributed by atoms with Crippen molar-refractivity contribution in [3.8, 4) is 5.75 Å². The highest BCUT2D eigenvalue weighted by Crippen LogP contribution is 2.31. The lowest BCUT2D eigenvalue weighted by molar-refractivity contribution is -0.131. The molecule has 4 heteroatoms. The number of halogens is 2. The molecular formula is C12H14Cl2O2. The van der Waals surface area contributed by atoms with Crippen molar-refractivity contribution in [1.29, 1.82) is 0 Å². The van der Waals surface area contributed by atoms with E-state index in [4.69, 9.17) is 27.9 Å². The van der Waals surface area contributed by atoms with Crippen LogP contribution in [-0.4, -0.2) is 11.8 Å². The van der Waals surface area contributed by atoms with Crippen LogP contribution in [0.1, 0.15) is 26.3 Å².